The van der Waals surface area contributed by atoms with Gasteiger partial charge in [-0.05, 0) is 97.3 Å². The predicted octanol–water partition coefficient (Wildman–Crippen LogP) is 5.22. The number of hydrogen-bond acceptors (Lipinski definition) is 4. The quantitative estimate of drug-likeness (QED) is 0.568. The maximum atomic E-state index is 12.8. The third kappa shape index (κ3) is 4.09. The lowest BCUT2D eigenvalue weighted by Crippen LogP contribution is -2.40. The van der Waals surface area contributed by atoms with Gasteiger partial charge < -0.3 is 15.4 Å². The van der Waals surface area contributed by atoms with E-state index in [0.717, 1.165) is 36.1 Å². The molecular weight excluding hydrogens is 392 g/mol. The molecule has 0 spiro atoms. The lowest BCUT2D eigenvalue weighted by molar-refractivity contribution is 0.0766. The topological polar surface area (TPSA) is 55.6 Å². The number of hydrogen-bond donors (Lipinski definition) is 1. The van der Waals surface area contributed by atoms with Crippen LogP contribution in [0.3, 0.4) is 0 Å². The molecule has 0 radical (unpaired) electrons. The summed E-state index contributed by atoms with van der Waals surface area (Å²) in [4.78, 5) is 14.7. The van der Waals surface area contributed by atoms with Gasteiger partial charge in [-0.2, -0.15) is 0 Å². The third-order valence-electron chi connectivity index (χ3n) is 6.38. The zero-order chi connectivity index (χ0) is 21.5. The molecule has 158 valence electrons. The minimum absolute atomic E-state index is 0.140. The van der Waals surface area contributed by atoms with E-state index >= 15 is 0 Å². The second-order valence-electron chi connectivity index (χ2n) is 8.85. The van der Waals surface area contributed by atoms with Crippen LogP contribution >= 0.6 is 11.3 Å². The van der Waals surface area contributed by atoms with Crippen LogP contribution in [0.5, 0.6) is 5.75 Å². The van der Waals surface area contributed by atoms with Gasteiger partial charge in [0.15, 0.2) is 0 Å². The normalized spacial score (nSPS) is 15.5. The fourth-order valence-corrected chi connectivity index (χ4v) is 5.18. The summed E-state index contributed by atoms with van der Waals surface area (Å²) in [5, 5.41) is 3.51. The average Bonchev–Trinajstić information content (AvgIpc) is 3.26. The first-order valence-corrected chi connectivity index (χ1v) is 11.4. The van der Waals surface area contributed by atoms with Crippen LogP contribution in [0.1, 0.15) is 52.4 Å². The lowest BCUT2D eigenvalue weighted by atomic mass is 9.90. The van der Waals surface area contributed by atoms with Gasteiger partial charge in [0.25, 0.3) is 5.91 Å². The molecule has 0 saturated carbocycles. The highest BCUT2D eigenvalue weighted by molar-refractivity contribution is 7.17. The lowest BCUT2D eigenvalue weighted by Gasteiger charge is -2.27. The second-order valence-corrected chi connectivity index (χ2v) is 9.76. The van der Waals surface area contributed by atoms with Crippen LogP contribution in [0, 0.1) is 13.8 Å². The molecule has 0 saturated heterocycles. The molecule has 2 heterocycles. The van der Waals surface area contributed by atoms with Crippen LogP contribution in [0.15, 0.2) is 35.7 Å². The van der Waals surface area contributed by atoms with Crippen molar-refractivity contribution < 1.29 is 9.53 Å². The van der Waals surface area contributed by atoms with E-state index in [1.165, 1.54) is 26.8 Å². The smallest absolute Gasteiger partial charge is 0.254 e. The number of carbonyl (C=O) groups is 1. The van der Waals surface area contributed by atoms with E-state index in [9.17, 15) is 4.79 Å². The van der Waals surface area contributed by atoms with Crippen LogP contribution in [0.2, 0.25) is 0 Å². The molecule has 4 rings (SSSR count). The van der Waals surface area contributed by atoms with Gasteiger partial charge in [0.05, 0.1) is 7.11 Å². The predicted molar refractivity (Wildman–Crippen MR) is 125 cm³/mol. The largest absolute Gasteiger partial charge is 0.497 e. The minimum Gasteiger partial charge on any atom is -0.497 e. The van der Waals surface area contributed by atoms with Gasteiger partial charge in [-0.25, -0.2) is 0 Å². The number of thiophene rings is 1. The molecule has 4 nitrogen and oxygen atoms in total. The van der Waals surface area contributed by atoms with Gasteiger partial charge in [-0.1, -0.05) is 6.07 Å². The fourth-order valence-electron chi connectivity index (χ4n) is 4.15. The van der Waals surface area contributed by atoms with Crippen molar-refractivity contribution in [3.8, 4) is 5.75 Å². The van der Waals surface area contributed by atoms with E-state index < -0.39 is 0 Å². The summed E-state index contributed by atoms with van der Waals surface area (Å²) in [6.45, 7) is 7.66. The molecule has 1 unspecified atom stereocenters. The van der Waals surface area contributed by atoms with E-state index in [4.69, 9.17) is 10.5 Å². The van der Waals surface area contributed by atoms with Crippen molar-refractivity contribution in [2.75, 3.05) is 13.7 Å². The standard InChI is InChI=1S/C25H30N2O2S/c1-16-11-19-14-27(24(28)22(19)12-17(16)2)10-9-25(3,26)8-7-18-15-30-23-13-20(29-4)5-6-21(18)23/h5-6,11-13,15H,7-10,14,26H2,1-4H3. The van der Waals surface area contributed by atoms with Crippen molar-refractivity contribution in [1.29, 1.82) is 0 Å². The first kappa shape index (κ1) is 20.9. The Hall–Kier alpha value is -2.37. The van der Waals surface area contributed by atoms with E-state index in [1.807, 2.05) is 17.0 Å². The molecule has 1 aliphatic rings. The SMILES string of the molecule is COc1ccc2c(CCC(C)(N)CCN3Cc4cc(C)c(C)cc4C3=O)csc2c1. The van der Waals surface area contributed by atoms with Crippen LogP contribution in [0.25, 0.3) is 10.1 Å². The Kier molecular flexibility index (Phi) is 5.60. The summed E-state index contributed by atoms with van der Waals surface area (Å²) in [6, 6.07) is 10.4. The van der Waals surface area contributed by atoms with E-state index in [0.29, 0.717) is 13.1 Å². The number of amides is 1. The number of nitrogens with two attached hydrogens (primary N) is 1. The van der Waals surface area contributed by atoms with Crippen molar-refractivity contribution in [3.05, 3.63) is 63.5 Å². The Bertz CT molecular complexity index is 1100. The van der Waals surface area contributed by atoms with Crippen molar-refractivity contribution in [1.82, 2.24) is 4.90 Å². The van der Waals surface area contributed by atoms with Crippen LogP contribution in [-0.2, 0) is 13.0 Å². The van der Waals surface area contributed by atoms with Gasteiger partial charge in [0.2, 0.25) is 0 Å². The third-order valence-corrected chi connectivity index (χ3v) is 7.37. The Balaban J connectivity index is 1.37. The van der Waals surface area contributed by atoms with Gasteiger partial charge in [0.1, 0.15) is 5.75 Å². The molecule has 0 bridgehead atoms. The average molecular weight is 423 g/mol. The highest BCUT2D eigenvalue weighted by Crippen LogP contribution is 2.32. The molecule has 2 N–H and O–H groups in total. The first-order valence-electron chi connectivity index (χ1n) is 10.5. The number of fused-ring (bicyclic) bond motifs is 2. The van der Waals surface area contributed by atoms with Gasteiger partial charge >= 0.3 is 0 Å². The number of ether oxygens (including phenoxy) is 1. The number of benzene rings is 2. The zero-order valence-corrected chi connectivity index (χ0v) is 19.1. The molecule has 1 aliphatic heterocycles. The first-order chi connectivity index (χ1) is 14.3. The van der Waals surface area contributed by atoms with Gasteiger partial charge in [-0.3, -0.25) is 4.79 Å². The Morgan fingerprint density at radius 3 is 2.70 bits per heavy atom. The molecule has 1 atom stereocenters. The summed E-state index contributed by atoms with van der Waals surface area (Å²) in [5.41, 5.74) is 12.1. The van der Waals surface area contributed by atoms with Crippen molar-refractivity contribution in [2.24, 2.45) is 5.73 Å². The summed E-state index contributed by atoms with van der Waals surface area (Å²) in [7, 11) is 1.70. The molecular formula is C25H30N2O2S. The van der Waals surface area contributed by atoms with E-state index in [1.54, 1.807) is 18.4 Å². The summed E-state index contributed by atoms with van der Waals surface area (Å²) in [6.07, 6.45) is 2.62. The Morgan fingerprint density at radius 2 is 1.93 bits per heavy atom. The Labute approximate surface area is 182 Å². The molecule has 2 aromatic carbocycles. The second kappa shape index (κ2) is 8.05. The van der Waals surface area contributed by atoms with Crippen molar-refractivity contribution >= 4 is 27.3 Å². The fraction of sp³-hybridized carbons (Fsp3) is 0.400. The molecule has 0 aliphatic carbocycles. The van der Waals surface area contributed by atoms with E-state index in [2.05, 4.69) is 44.4 Å². The van der Waals surface area contributed by atoms with Crippen molar-refractivity contribution in [3.63, 3.8) is 0 Å². The van der Waals surface area contributed by atoms with E-state index in [-0.39, 0.29) is 11.4 Å². The highest BCUT2D eigenvalue weighted by atomic mass is 32.1. The Morgan fingerprint density at radius 1 is 1.17 bits per heavy atom. The van der Waals surface area contributed by atoms with Crippen LogP contribution in [0.4, 0.5) is 0 Å². The maximum absolute atomic E-state index is 12.8. The minimum atomic E-state index is -0.318. The summed E-state index contributed by atoms with van der Waals surface area (Å²) < 4.78 is 6.57. The highest BCUT2D eigenvalue weighted by Gasteiger charge is 2.29. The zero-order valence-electron chi connectivity index (χ0n) is 18.2. The summed E-state index contributed by atoms with van der Waals surface area (Å²) >= 11 is 1.75. The molecule has 3 aromatic rings. The summed E-state index contributed by atoms with van der Waals surface area (Å²) in [5.74, 6) is 1.03. The maximum Gasteiger partial charge on any atom is 0.254 e. The number of rotatable bonds is 7. The number of methoxy groups -OCH3 is 1. The molecule has 30 heavy (non-hydrogen) atoms. The number of aryl methyl sites for hydroxylation is 3. The van der Waals surface area contributed by atoms with Crippen LogP contribution < -0.4 is 10.5 Å². The van der Waals surface area contributed by atoms with Gasteiger partial charge in [-0.15, -0.1) is 11.3 Å². The molecule has 5 heteroatoms. The molecule has 1 amide bonds. The van der Waals surface area contributed by atoms with Gasteiger partial charge in [0, 0.05) is 28.9 Å². The monoisotopic (exact) mass is 422 g/mol. The van der Waals surface area contributed by atoms with Crippen LogP contribution in [-0.4, -0.2) is 30.0 Å². The van der Waals surface area contributed by atoms with Crippen molar-refractivity contribution in [2.45, 2.75) is 52.1 Å². The number of carbonyl (C=O) groups excluding carboxylic acids is 1. The molecule has 0 fully saturated rings. The number of nitrogens with zero attached hydrogens (tertiary/aromatic N) is 1. The molecule has 1 aromatic heterocycles.